The third-order valence-electron chi connectivity index (χ3n) is 1.70. The lowest BCUT2D eigenvalue weighted by Crippen LogP contribution is -1.98. The Kier molecular flexibility index (Phi) is 10.3. The first-order valence-corrected chi connectivity index (χ1v) is 5.17. The molecule has 0 amide bonds. The monoisotopic (exact) mass is 341 g/mol. The molecule has 0 fully saturated rings. The lowest BCUT2D eigenvalue weighted by molar-refractivity contribution is 0.410. The highest BCUT2D eigenvalue weighted by atomic mass is 79.9. The van der Waals surface area contributed by atoms with E-state index in [2.05, 4.69) is 32.8 Å². The van der Waals surface area contributed by atoms with E-state index in [0.29, 0.717) is 34.6 Å². The van der Waals surface area contributed by atoms with Crippen LogP contribution in [-0.2, 0) is 0 Å². The second-order valence-corrected chi connectivity index (χ2v) is 3.54. The van der Waals surface area contributed by atoms with E-state index >= 15 is 0 Å². The van der Waals surface area contributed by atoms with Crippen LogP contribution in [0.4, 0.5) is 5.82 Å². The molecule has 0 aliphatic heterocycles. The van der Waals surface area contributed by atoms with Crippen molar-refractivity contribution in [3.8, 4) is 17.6 Å². The lowest BCUT2D eigenvalue weighted by Gasteiger charge is -2.06. The number of ether oxygens (including phenoxy) is 1. The van der Waals surface area contributed by atoms with E-state index in [4.69, 9.17) is 16.2 Å². The number of nitrogens with two attached hydrogens (primary N) is 2. The molecule has 0 bridgehead atoms. The van der Waals surface area contributed by atoms with E-state index in [1.807, 2.05) is 0 Å². The quantitative estimate of drug-likeness (QED) is 0.806. The normalized spacial score (nSPS) is 8.18. The van der Waals surface area contributed by atoms with Crippen LogP contribution >= 0.6 is 40.7 Å². The lowest BCUT2D eigenvalue weighted by atomic mass is 10.2. The SMILES string of the molecule is COc1c(C#CCCN)cnc(N)c1Br.Cl.Cl. The van der Waals surface area contributed by atoms with E-state index in [1.54, 1.807) is 13.3 Å². The fraction of sp³-hybridized carbons (Fsp3) is 0.300. The van der Waals surface area contributed by atoms with Crippen LogP contribution in [0.15, 0.2) is 10.7 Å². The largest absolute Gasteiger partial charge is 0.494 e. The Hall–Kier alpha value is -0.670. The van der Waals surface area contributed by atoms with Gasteiger partial charge in [-0.05, 0) is 15.9 Å². The van der Waals surface area contributed by atoms with Crippen LogP contribution in [0.2, 0.25) is 0 Å². The van der Waals surface area contributed by atoms with Crippen LogP contribution < -0.4 is 16.2 Å². The number of rotatable bonds is 2. The molecule has 0 radical (unpaired) electrons. The van der Waals surface area contributed by atoms with Crippen LogP contribution in [0.5, 0.6) is 5.75 Å². The van der Waals surface area contributed by atoms with Gasteiger partial charge in [-0.2, -0.15) is 0 Å². The molecule has 0 saturated carbocycles. The number of aromatic nitrogens is 1. The summed E-state index contributed by atoms with van der Waals surface area (Å²) in [6.45, 7) is 0.541. The van der Waals surface area contributed by atoms with Gasteiger partial charge >= 0.3 is 0 Å². The first-order chi connectivity index (χ1) is 7.20. The highest BCUT2D eigenvalue weighted by Crippen LogP contribution is 2.31. The van der Waals surface area contributed by atoms with Crippen molar-refractivity contribution >= 4 is 46.6 Å². The van der Waals surface area contributed by atoms with E-state index in [9.17, 15) is 0 Å². The van der Waals surface area contributed by atoms with Crippen molar-refractivity contribution in [1.82, 2.24) is 4.98 Å². The zero-order valence-corrected chi connectivity index (χ0v) is 12.4. The summed E-state index contributed by atoms with van der Waals surface area (Å²) >= 11 is 3.30. The zero-order valence-electron chi connectivity index (χ0n) is 9.20. The predicted molar refractivity (Wildman–Crippen MR) is 77.9 cm³/mol. The first kappa shape index (κ1) is 18.7. The number of pyridine rings is 1. The van der Waals surface area contributed by atoms with E-state index in [0.717, 1.165) is 0 Å². The van der Waals surface area contributed by atoms with Crippen LogP contribution in [0.1, 0.15) is 12.0 Å². The van der Waals surface area contributed by atoms with Gasteiger partial charge in [-0.1, -0.05) is 11.8 Å². The molecule has 17 heavy (non-hydrogen) atoms. The smallest absolute Gasteiger partial charge is 0.153 e. The molecule has 1 rings (SSSR count). The number of hydrogen-bond acceptors (Lipinski definition) is 4. The summed E-state index contributed by atoms with van der Waals surface area (Å²) in [5.74, 6) is 6.84. The van der Waals surface area contributed by atoms with Gasteiger partial charge in [0.1, 0.15) is 10.3 Å². The highest BCUT2D eigenvalue weighted by Gasteiger charge is 2.09. The number of hydrogen-bond donors (Lipinski definition) is 2. The number of halogens is 3. The van der Waals surface area contributed by atoms with Crippen LogP contribution in [0.3, 0.4) is 0 Å². The molecule has 96 valence electrons. The van der Waals surface area contributed by atoms with E-state index in [1.165, 1.54) is 0 Å². The number of anilines is 1. The number of methoxy groups -OCH3 is 1. The Morgan fingerprint density at radius 1 is 1.47 bits per heavy atom. The molecule has 0 aromatic carbocycles. The van der Waals surface area contributed by atoms with Crippen molar-refractivity contribution in [2.24, 2.45) is 5.73 Å². The van der Waals surface area contributed by atoms with Crippen molar-refractivity contribution in [2.75, 3.05) is 19.4 Å². The maximum Gasteiger partial charge on any atom is 0.153 e. The molecule has 4 N–H and O–H groups in total. The summed E-state index contributed by atoms with van der Waals surface area (Å²) in [6.07, 6.45) is 2.23. The topological polar surface area (TPSA) is 74.2 Å². The summed E-state index contributed by atoms with van der Waals surface area (Å²) < 4.78 is 5.82. The van der Waals surface area contributed by atoms with Gasteiger partial charge in [0, 0.05) is 19.2 Å². The number of nitrogen functional groups attached to an aromatic ring is 1. The van der Waals surface area contributed by atoms with Gasteiger partial charge in [-0.25, -0.2) is 4.98 Å². The first-order valence-electron chi connectivity index (χ1n) is 4.37. The fourth-order valence-electron chi connectivity index (χ4n) is 1.00. The van der Waals surface area contributed by atoms with Gasteiger partial charge in [0.2, 0.25) is 0 Å². The molecule has 0 saturated heterocycles. The van der Waals surface area contributed by atoms with Gasteiger partial charge in [-0.3, -0.25) is 0 Å². The summed E-state index contributed by atoms with van der Waals surface area (Å²) in [4.78, 5) is 3.98. The molecule has 0 atom stereocenters. The molecule has 1 heterocycles. The summed E-state index contributed by atoms with van der Waals surface area (Å²) in [7, 11) is 1.56. The average Bonchev–Trinajstić information content (AvgIpc) is 2.24. The Balaban J connectivity index is 0. The van der Waals surface area contributed by atoms with Crippen LogP contribution in [0.25, 0.3) is 0 Å². The zero-order chi connectivity index (χ0) is 11.3. The van der Waals surface area contributed by atoms with Crippen molar-refractivity contribution in [1.29, 1.82) is 0 Å². The van der Waals surface area contributed by atoms with E-state index < -0.39 is 0 Å². The molecule has 1 aromatic rings. The van der Waals surface area contributed by atoms with Gasteiger partial charge < -0.3 is 16.2 Å². The molecule has 0 aliphatic rings. The average molecular weight is 343 g/mol. The summed E-state index contributed by atoms with van der Waals surface area (Å²) in [5, 5.41) is 0. The van der Waals surface area contributed by atoms with Gasteiger partial charge in [-0.15, -0.1) is 24.8 Å². The Morgan fingerprint density at radius 3 is 2.65 bits per heavy atom. The highest BCUT2D eigenvalue weighted by molar-refractivity contribution is 9.10. The Labute approximate surface area is 121 Å². The molecule has 0 spiro atoms. The third kappa shape index (κ3) is 5.00. The van der Waals surface area contributed by atoms with E-state index in [-0.39, 0.29) is 24.8 Å². The van der Waals surface area contributed by atoms with Crippen molar-refractivity contribution in [2.45, 2.75) is 6.42 Å². The molecule has 0 unspecified atom stereocenters. The second-order valence-electron chi connectivity index (χ2n) is 2.74. The maximum absolute atomic E-state index is 5.61. The maximum atomic E-state index is 5.61. The predicted octanol–water partition coefficient (Wildman–Crippen LogP) is 1.98. The van der Waals surface area contributed by atoms with Crippen LogP contribution in [-0.4, -0.2) is 18.6 Å². The molecule has 1 aromatic heterocycles. The van der Waals surface area contributed by atoms with Gasteiger partial charge in [0.25, 0.3) is 0 Å². The van der Waals surface area contributed by atoms with Crippen molar-refractivity contribution in [3.63, 3.8) is 0 Å². The molecule has 7 heteroatoms. The summed E-state index contributed by atoms with van der Waals surface area (Å²) in [5.41, 5.74) is 11.7. The number of nitrogens with zero attached hydrogens (tertiary/aromatic N) is 1. The molecular formula is C10H14BrCl2N3O. The Bertz CT molecular complexity index is 418. The molecule has 4 nitrogen and oxygen atoms in total. The minimum absolute atomic E-state index is 0. The minimum atomic E-state index is 0. The Morgan fingerprint density at radius 2 is 2.12 bits per heavy atom. The second kappa shape index (κ2) is 9.37. The van der Waals surface area contributed by atoms with Crippen molar-refractivity contribution in [3.05, 3.63) is 16.2 Å². The van der Waals surface area contributed by atoms with Crippen LogP contribution in [0, 0.1) is 11.8 Å². The van der Waals surface area contributed by atoms with Crippen molar-refractivity contribution < 1.29 is 4.74 Å². The van der Waals surface area contributed by atoms with Gasteiger partial charge in [0.15, 0.2) is 5.75 Å². The third-order valence-corrected chi connectivity index (χ3v) is 2.46. The standard InChI is InChI=1S/C10H12BrN3O.2ClH/c1-15-9-7(4-2-3-5-12)6-14-10(13)8(9)11;;/h6H,3,5,12H2,1H3,(H2,13,14);2*1H. The molecular weight excluding hydrogens is 329 g/mol. The van der Waals surface area contributed by atoms with Gasteiger partial charge in [0.05, 0.1) is 12.7 Å². The summed E-state index contributed by atoms with van der Waals surface area (Å²) in [6, 6.07) is 0. The fourth-order valence-corrected chi connectivity index (χ4v) is 1.48. The molecule has 0 aliphatic carbocycles. The minimum Gasteiger partial charge on any atom is -0.494 e.